The maximum Gasteiger partial charge on any atom is 0.511 e. The van der Waals surface area contributed by atoms with E-state index in [4.69, 9.17) is 9.47 Å². The molecule has 1 heterocycles. The number of methoxy groups -OCH3 is 2. The summed E-state index contributed by atoms with van der Waals surface area (Å²) < 4.78 is 72.5. The second kappa shape index (κ2) is 7.92. The van der Waals surface area contributed by atoms with E-state index in [9.17, 15) is 26.7 Å². The molecule has 8 nitrogen and oxygen atoms in total. The summed E-state index contributed by atoms with van der Waals surface area (Å²) in [4.78, 5) is 7.98. The summed E-state index contributed by atoms with van der Waals surface area (Å²) in [6.07, 6.45) is 0.261. The molecule has 26 heavy (non-hydrogen) atoms. The Bertz CT molecular complexity index is 707. The molecule has 0 saturated heterocycles. The Hall–Kier alpha value is -1.66. The van der Waals surface area contributed by atoms with Crippen molar-refractivity contribution >= 4 is 10.0 Å². The first-order valence-electron chi connectivity index (χ1n) is 7.82. The minimum atomic E-state index is -5.52. The molecule has 1 aromatic heterocycles. The molecule has 148 valence electrons. The molecule has 3 atom stereocenters. The fourth-order valence-corrected chi connectivity index (χ4v) is 3.73. The van der Waals surface area contributed by atoms with Crippen molar-refractivity contribution in [1.82, 2.24) is 14.7 Å². The number of nitrogens with zero attached hydrogens (tertiary/aromatic N) is 2. The van der Waals surface area contributed by atoms with E-state index < -0.39 is 33.6 Å². The van der Waals surface area contributed by atoms with Gasteiger partial charge in [0.2, 0.25) is 11.8 Å². The Morgan fingerprint density at radius 2 is 1.73 bits per heavy atom. The van der Waals surface area contributed by atoms with Crippen molar-refractivity contribution in [2.75, 3.05) is 14.2 Å². The first kappa shape index (κ1) is 20.6. The SMILES string of the molecule is COc1cc(OC)nc(C(O)C2CCCCC2NS(=O)(=O)C(F)(F)F)n1. The second-order valence-electron chi connectivity index (χ2n) is 5.88. The molecule has 0 spiro atoms. The van der Waals surface area contributed by atoms with Crippen molar-refractivity contribution in [2.24, 2.45) is 5.92 Å². The van der Waals surface area contributed by atoms with Gasteiger partial charge in [0.25, 0.3) is 0 Å². The summed E-state index contributed by atoms with van der Waals surface area (Å²) in [6, 6.07) is 0.284. The summed E-state index contributed by atoms with van der Waals surface area (Å²) in [7, 11) is -2.83. The van der Waals surface area contributed by atoms with Crippen molar-refractivity contribution in [1.29, 1.82) is 0 Å². The van der Waals surface area contributed by atoms with Crippen molar-refractivity contribution in [3.8, 4) is 11.8 Å². The van der Waals surface area contributed by atoms with Gasteiger partial charge in [0.15, 0.2) is 5.82 Å². The Labute approximate surface area is 148 Å². The lowest BCUT2D eigenvalue weighted by Gasteiger charge is -2.34. The number of aromatic nitrogens is 2. The minimum absolute atomic E-state index is 0.106. The number of nitrogens with one attached hydrogen (secondary N) is 1. The highest BCUT2D eigenvalue weighted by molar-refractivity contribution is 7.90. The van der Waals surface area contributed by atoms with Crippen molar-refractivity contribution < 1.29 is 36.2 Å². The van der Waals surface area contributed by atoms with Gasteiger partial charge < -0.3 is 14.6 Å². The van der Waals surface area contributed by atoms with Gasteiger partial charge in [0.05, 0.1) is 20.3 Å². The van der Waals surface area contributed by atoms with Gasteiger partial charge in [0, 0.05) is 12.0 Å². The molecule has 2 N–H and O–H groups in total. The molecule has 1 aliphatic carbocycles. The number of rotatable bonds is 6. The van der Waals surface area contributed by atoms with Crippen LogP contribution in [-0.4, -0.2) is 49.3 Å². The van der Waals surface area contributed by atoms with Crippen molar-refractivity contribution in [3.63, 3.8) is 0 Å². The third-order valence-corrected chi connectivity index (χ3v) is 5.44. The smallest absolute Gasteiger partial charge is 0.481 e. The largest absolute Gasteiger partial charge is 0.511 e. The molecule has 1 saturated carbocycles. The number of aliphatic hydroxyl groups is 1. The molecule has 0 aliphatic heterocycles. The highest BCUT2D eigenvalue weighted by Crippen LogP contribution is 2.36. The molecule has 0 amide bonds. The lowest BCUT2D eigenvalue weighted by Crippen LogP contribution is -2.48. The molecule has 2 rings (SSSR count). The van der Waals surface area contributed by atoms with Gasteiger partial charge in [-0.15, -0.1) is 0 Å². The summed E-state index contributed by atoms with van der Waals surface area (Å²) >= 11 is 0. The standard InChI is InChI=1S/C14H20F3N3O5S/c1-24-10-7-11(25-2)19-13(18-10)12(21)8-5-3-4-6-9(8)20-26(22,23)14(15,16)17/h7-9,12,20-21H,3-6H2,1-2H3. The molecule has 1 aliphatic rings. The second-order valence-corrected chi connectivity index (χ2v) is 7.58. The van der Waals surface area contributed by atoms with E-state index in [1.54, 1.807) is 4.72 Å². The fraction of sp³-hybridized carbons (Fsp3) is 0.714. The van der Waals surface area contributed by atoms with Gasteiger partial charge in [-0.25, -0.2) is 13.1 Å². The van der Waals surface area contributed by atoms with Gasteiger partial charge in [-0.2, -0.15) is 23.1 Å². The van der Waals surface area contributed by atoms with Crippen LogP contribution in [0.25, 0.3) is 0 Å². The number of ether oxygens (including phenoxy) is 2. The van der Waals surface area contributed by atoms with Crippen LogP contribution in [0, 0.1) is 5.92 Å². The first-order chi connectivity index (χ1) is 12.1. The number of halogens is 3. The summed E-state index contributed by atoms with van der Waals surface area (Å²) in [5.41, 5.74) is -5.42. The molecular weight excluding hydrogens is 379 g/mol. The van der Waals surface area contributed by atoms with Crippen molar-refractivity contribution in [3.05, 3.63) is 11.9 Å². The summed E-state index contributed by atoms with van der Waals surface area (Å²) in [5.74, 6) is -0.717. The lowest BCUT2D eigenvalue weighted by atomic mass is 9.81. The zero-order valence-electron chi connectivity index (χ0n) is 14.2. The number of sulfonamides is 1. The zero-order valence-corrected chi connectivity index (χ0v) is 15.0. The van der Waals surface area contributed by atoms with E-state index >= 15 is 0 Å². The monoisotopic (exact) mass is 399 g/mol. The van der Waals surface area contributed by atoms with E-state index in [-0.39, 0.29) is 24.0 Å². The quantitative estimate of drug-likeness (QED) is 0.746. The number of aliphatic hydroxyl groups excluding tert-OH is 1. The zero-order chi connectivity index (χ0) is 19.5. The highest BCUT2D eigenvalue weighted by atomic mass is 32.2. The Balaban J connectivity index is 2.29. The molecule has 0 radical (unpaired) electrons. The third kappa shape index (κ3) is 4.54. The Morgan fingerprint density at radius 1 is 1.19 bits per heavy atom. The Kier molecular flexibility index (Phi) is 6.29. The first-order valence-corrected chi connectivity index (χ1v) is 9.31. The molecule has 1 fully saturated rings. The van der Waals surface area contributed by atoms with Crippen LogP contribution in [-0.2, 0) is 10.0 Å². The van der Waals surface area contributed by atoms with Crippen LogP contribution in [0.4, 0.5) is 13.2 Å². The maximum absolute atomic E-state index is 12.7. The average Bonchev–Trinajstić information content (AvgIpc) is 2.59. The minimum Gasteiger partial charge on any atom is -0.481 e. The van der Waals surface area contributed by atoms with E-state index in [1.807, 2.05) is 0 Å². The molecule has 1 aromatic rings. The molecule has 0 aromatic carbocycles. The van der Waals surface area contributed by atoms with Crippen LogP contribution in [0.5, 0.6) is 11.8 Å². The topological polar surface area (TPSA) is 111 Å². The fourth-order valence-electron chi connectivity index (χ4n) is 2.90. The van der Waals surface area contributed by atoms with Crippen LogP contribution < -0.4 is 14.2 Å². The third-order valence-electron chi connectivity index (χ3n) is 4.22. The van der Waals surface area contributed by atoms with E-state index in [2.05, 4.69) is 9.97 Å². The molecule has 12 heteroatoms. The van der Waals surface area contributed by atoms with E-state index in [1.165, 1.54) is 20.3 Å². The van der Waals surface area contributed by atoms with Gasteiger partial charge in [0.1, 0.15) is 6.10 Å². The van der Waals surface area contributed by atoms with Gasteiger partial charge in [-0.1, -0.05) is 12.8 Å². The van der Waals surface area contributed by atoms with Crippen LogP contribution >= 0.6 is 0 Å². The maximum atomic E-state index is 12.7. The lowest BCUT2D eigenvalue weighted by molar-refractivity contribution is -0.0460. The van der Waals surface area contributed by atoms with Gasteiger partial charge in [-0.05, 0) is 12.8 Å². The molecule has 0 bridgehead atoms. The van der Waals surface area contributed by atoms with Crippen LogP contribution in [0.3, 0.4) is 0 Å². The van der Waals surface area contributed by atoms with Gasteiger partial charge in [-0.3, -0.25) is 0 Å². The molecular formula is C14H20F3N3O5S. The number of hydrogen-bond acceptors (Lipinski definition) is 7. The highest BCUT2D eigenvalue weighted by Gasteiger charge is 2.48. The Morgan fingerprint density at radius 3 is 2.23 bits per heavy atom. The van der Waals surface area contributed by atoms with Crippen LogP contribution in [0.2, 0.25) is 0 Å². The summed E-state index contributed by atoms with van der Waals surface area (Å²) in [6.45, 7) is 0. The predicted octanol–water partition coefficient (Wildman–Crippen LogP) is 1.53. The number of alkyl halides is 3. The van der Waals surface area contributed by atoms with Gasteiger partial charge >= 0.3 is 15.5 Å². The molecule has 3 unspecified atom stereocenters. The van der Waals surface area contributed by atoms with Crippen LogP contribution in [0.15, 0.2) is 6.07 Å². The predicted molar refractivity (Wildman–Crippen MR) is 84.0 cm³/mol. The number of hydrogen-bond donors (Lipinski definition) is 2. The van der Waals surface area contributed by atoms with Crippen molar-refractivity contribution in [2.45, 2.75) is 43.3 Å². The van der Waals surface area contributed by atoms with E-state index in [0.717, 1.165) is 0 Å². The van der Waals surface area contributed by atoms with E-state index in [0.29, 0.717) is 19.3 Å². The average molecular weight is 399 g/mol. The normalized spacial score (nSPS) is 22.7. The summed E-state index contributed by atoms with van der Waals surface area (Å²) in [5, 5.41) is 10.6. The van der Waals surface area contributed by atoms with Crippen LogP contribution in [0.1, 0.15) is 37.6 Å².